The van der Waals surface area contributed by atoms with Crippen molar-refractivity contribution >= 4 is 17.3 Å². The van der Waals surface area contributed by atoms with E-state index in [4.69, 9.17) is 4.74 Å². The molecule has 23 heavy (non-hydrogen) atoms. The third-order valence-corrected chi connectivity index (χ3v) is 4.05. The SMILES string of the molecule is CC(C)c1ccc(Nc2cc(NCC3CCCO3)ncn2)cc1. The summed E-state index contributed by atoms with van der Waals surface area (Å²) in [7, 11) is 0. The molecular weight excluding hydrogens is 288 g/mol. The Kier molecular flexibility index (Phi) is 5.08. The molecule has 122 valence electrons. The molecule has 1 saturated heterocycles. The average Bonchev–Trinajstić information content (AvgIpc) is 3.07. The minimum Gasteiger partial charge on any atom is -0.376 e. The number of ether oxygens (including phenoxy) is 1. The molecule has 0 spiro atoms. The lowest BCUT2D eigenvalue weighted by Gasteiger charge is -2.12. The van der Waals surface area contributed by atoms with E-state index in [-0.39, 0.29) is 0 Å². The van der Waals surface area contributed by atoms with Gasteiger partial charge in [-0.25, -0.2) is 9.97 Å². The van der Waals surface area contributed by atoms with E-state index in [1.165, 1.54) is 5.56 Å². The number of aromatic nitrogens is 2. The van der Waals surface area contributed by atoms with Crippen LogP contribution in [0, 0.1) is 0 Å². The Labute approximate surface area is 137 Å². The molecule has 1 aromatic carbocycles. The lowest BCUT2D eigenvalue weighted by molar-refractivity contribution is 0.120. The van der Waals surface area contributed by atoms with Crippen molar-refractivity contribution in [1.29, 1.82) is 0 Å². The van der Waals surface area contributed by atoms with Crippen molar-refractivity contribution in [3.8, 4) is 0 Å². The molecule has 2 aromatic rings. The molecule has 5 heteroatoms. The normalized spacial score (nSPS) is 17.4. The zero-order valence-electron chi connectivity index (χ0n) is 13.7. The van der Waals surface area contributed by atoms with Crippen LogP contribution >= 0.6 is 0 Å². The first kappa shape index (κ1) is 15.7. The van der Waals surface area contributed by atoms with Crippen LogP contribution in [0.4, 0.5) is 17.3 Å². The zero-order valence-corrected chi connectivity index (χ0v) is 13.7. The van der Waals surface area contributed by atoms with Gasteiger partial charge in [0.25, 0.3) is 0 Å². The second kappa shape index (κ2) is 7.42. The van der Waals surface area contributed by atoms with E-state index in [9.17, 15) is 0 Å². The van der Waals surface area contributed by atoms with Crippen LogP contribution in [-0.4, -0.2) is 29.2 Å². The molecule has 1 atom stereocenters. The Morgan fingerprint density at radius 1 is 1.17 bits per heavy atom. The summed E-state index contributed by atoms with van der Waals surface area (Å²) in [6, 6.07) is 10.4. The Bertz CT molecular complexity index is 621. The molecule has 0 bridgehead atoms. The first-order valence-corrected chi connectivity index (χ1v) is 8.25. The van der Waals surface area contributed by atoms with Crippen molar-refractivity contribution in [3.63, 3.8) is 0 Å². The van der Waals surface area contributed by atoms with Gasteiger partial charge in [-0.1, -0.05) is 26.0 Å². The highest BCUT2D eigenvalue weighted by atomic mass is 16.5. The maximum Gasteiger partial charge on any atom is 0.135 e. The molecule has 5 nitrogen and oxygen atoms in total. The van der Waals surface area contributed by atoms with Gasteiger partial charge in [0.1, 0.15) is 18.0 Å². The summed E-state index contributed by atoms with van der Waals surface area (Å²) in [6.45, 7) is 6.05. The van der Waals surface area contributed by atoms with E-state index in [1.807, 2.05) is 6.07 Å². The van der Waals surface area contributed by atoms with Crippen molar-refractivity contribution in [1.82, 2.24) is 9.97 Å². The average molecular weight is 312 g/mol. The maximum atomic E-state index is 5.61. The van der Waals surface area contributed by atoms with E-state index in [0.717, 1.165) is 43.3 Å². The second-order valence-electron chi connectivity index (χ2n) is 6.21. The van der Waals surface area contributed by atoms with Crippen LogP contribution in [0.25, 0.3) is 0 Å². The van der Waals surface area contributed by atoms with Gasteiger partial charge in [0.2, 0.25) is 0 Å². The highest BCUT2D eigenvalue weighted by Gasteiger charge is 2.15. The summed E-state index contributed by atoms with van der Waals surface area (Å²) in [5.41, 5.74) is 2.36. The highest BCUT2D eigenvalue weighted by molar-refractivity contribution is 5.59. The predicted molar refractivity (Wildman–Crippen MR) is 93.3 cm³/mol. The van der Waals surface area contributed by atoms with E-state index in [1.54, 1.807) is 6.33 Å². The number of anilines is 3. The predicted octanol–water partition coefficient (Wildman–Crippen LogP) is 3.93. The van der Waals surface area contributed by atoms with Gasteiger partial charge in [-0.2, -0.15) is 0 Å². The highest BCUT2D eigenvalue weighted by Crippen LogP contribution is 2.20. The third-order valence-electron chi connectivity index (χ3n) is 4.05. The zero-order chi connectivity index (χ0) is 16.1. The third kappa shape index (κ3) is 4.42. The molecule has 0 amide bonds. The van der Waals surface area contributed by atoms with Crippen molar-refractivity contribution in [2.75, 3.05) is 23.8 Å². The molecular formula is C18H24N4O. The van der Waals surface area contributed by atoms with Crippen LogP contribution < -0.4 is 10.6 Å². The molecule has 1 aliphatic heterocycles. The number of nitrogens with zero attached hydrogens (tertiary/aromatic N) is 2. The monoisotopic (exact) mass is 312 g/mol. The topological polar surface area (TPSA) is 59.1 Å². The summed E-state index contributed by atoms with van der Waals surface area (Å²) in [5, 5.41) is 6.64. The van der Waals surface area contributed by atoms with Crippen molar-refractivity contribution in [2.24, 2.45) is 0 Å². The molecule has 0 saturated carbocycles. The molecule has 1 fully saturated rings. The Morgan fingerprint density at radius 3 is 2.65 bits per heavy atom. The van der Waals surface area contributed by atoms with Gasteiger partial charge in [-0.05, 0) is 36.5 Å². The number of nitrogens with one attached hydrogen (secondary N) is 2. The fraction of sp³-hybridized carbons (Fsp3) is 0.444. The second-order valence-corrected chi connectivity index (χ2v) is 6.21. The Balaban J connectivity index is 1.60. The summed E-state index contributed by atoms with van der Waals surface area (Å²) in [5.74, 6) is 2.14. The minimum absolute atomic E-state index is 0.296. The van der Waals surface area contributed by atoms with Crippen LogP contribution in [0.1, 0.15) is 38.2 Å². The fourth-order valence-electron chi connectivity index (χ4n) is 2.65. The van der Waals surface area contributed by atoms with E-state index in [0.29, 0.717) is 12.0 Å². The first-order chi connectivity index (χ1) is 11.2. The quantitative estimate of drug-likeness (QED) is 0.846. The molecule has 1 unspecified atom stereocenters. The summed E-state index contributed by atoms with van der Waals surface area (Å²) in [4.78, 5) is 8.54. The van der Waals surface area contributed by atoms with Gasteiger partial charge in [0, 0.05) is 24.9 Å². The Morgan fingerprint density at radius 2 is 1.96 bits per heavy atom. The first-order valence-electron chi connectivity index (χ1n) is 8.25. The number of hydrogen-bond acceptors (Lipinski definition) is 5. The van der Waals surface area contributed by atoms with Crippen LogP contribution in [0.15, 0.2) is 36.7 Å². The summed E-state index contributed by atoms with van der Waals surface area (Å²) >= 11 is 0. The largest absolute Gasteiger partial charge is 0.376 e. The van der Waals surface area contributed by atoms with Gasteiger partial charge in [-0.3, -0.25) is 0 Å². The fourth-order valence-corrected chi connectivity index (χ4v) is 2.65. The minimum atomic E-state index is 0.296. The van der Waals surface area contributed by atoms with Crippen molar-refractivity contribution in [2.45, 2.75) is 38.7 Å². The van der Waals surface area contributed by atoms with Gasteiger partial charge in [0.15, 0.2) is 0 Å². The van der Waals surface area contributed by atoms with Gasteiger partial charge in [0.05, 0.1) is 6.10 Å². The molecule has 2 N–H and O–H groups in total. The standard InChI is InChI=1S/C18H24N4O/c1-13(2)14-5-7-15(8-6-14)22-18-10-17(20-12-21-18)19-11-16-4-3-9-23-16/h5-8,10,12-13,16H,3-4,9,11H2,1-2H3,(H2,19,20,21,22). The van der Waals surface area contributed by atoms with Crippen molar-refractivity contribution in [3.05, 3.63) is 42.2 Å². The molecule has 0 aliphatic carbocycles. The summed E-state index contributed by atoms with van der Waals surface area (Å²) in [6.07, 6.45) is 4.13. The van der Waals surface area contributed by atoms with E-state index < -0.39 is 0 Å². The van der Waals surface area contributed by atoms with Crippen LogP contribution in [0.5, 0.6) is 0 Å². The van der Waals surface area contributed by atoms with Crippen LogP contribution in [-0.2, 0) is 4.74 Å². The smallest absolute Gasteiger partial charge is 0.135 e. The summed E-state index contributed by atoms with van der Waals surface area (Å²) < 4.78 is 5.61. The lowest BCUT2D eigenvalue weighted by Crippen LogP contribution is -2.19. The van der Waals surface area contributed by atoms with Gasteiger partial charge < -0.3 is 15.4 Å². The van der Waals surface area contributed by atoms with Gasteiger partial charge in [-0.15, -0.1) is 0 Å². The molecule has 0 radical (unpaired) electrons. The van der Waals surface area contributed by atoms with Crippen LogP contribution in [0.3, 0.4) is 0 Å². The number of hydrogen-bond donors (Lipinski definition) is 2. The Hall–Kier alpha value is -2.14. The molecule has 2 heterocycles. The molecule has 1 aromatic heterocycles. The van der Waals surface area contributed by atoms with Crippen molar-refractivity contribution < 1.29 is 4.74 Å². The number of rotatable bonds is 6. The van der Waals surface area contributed by atoms with E-state index >= 15 is 0 Å². The molecule has 3 rings (SSSR count). The van der Waals surface area contributed by atoms with Gasteiger partial charge >= 0.3 is 0 Å². The maximum absolute atomic E-state index is 5.61. The lowest BCUT2D eigenvalue weighted by atomic mass is 10.0. The molecule has 1 aliphatic rings. The van der Waals surface area contributed by atoms with E-state index in [2.05, 4.69) is 58.7 Å². The number of benzene rings is 1. The van der Waals surface area contributed by atoms with Crippen LogP contribution in [0.2, 0.25) is 0 Å².